The summed E-state index contributed by atoms with van der Waals surface area (Å²) in [6.07, 6.45) is 4.12. The summed E-state index contributed by atoms with van der Waals surface area (Å²) in [6, 6.07) is 7.19. The molecule has 0 saturated carbocycles. The first-order valence-electron chi connectivity index (χ1n) is 10.4. The van der Waals surface area contributed by atoms with Crippen molar-refractivity contribution in [3.8, 4) is 0 Å². The molecule has 0 aliphatic carbocycles. The van der Waals surface area contributed by atoms with Crippen molar-refractivity contribution in [2.45, 2.75) is 44.6 Å². The van der Waals surface area contributed by atoms with Crippen molar-refractivity contribution in [2.75, 3.05) is 32.8 Å². The molecule has 2 aromatic rings. The normalized spacial score (nSPS) is 18.2. The molecule has 1 aliphatic rings. The van der Waals surface area contributed by atoms with Crippen molar-refractivity contribution in [3.05, 3.63) is 30.5 Å². The number of fused-ring (bicyclic) bond motifs is 1. The Morgan fingerprint density at radius 2 is 2.10 bits per heavy atom. The van der Waals surface area contributed by atoms with Crippen molar-refractivity contribution in [2.24, 2.45) is 5.92 Å². The molecule has 160 valence electrons. The SMILES string of the molecule is CCOCCCNC(=O)[C@@H]1CCCN(S(=O)(=O)c2ccc3c(ccn3CC)c2)C1. The van der Waals surface area contributed by atoms with E-state index in [1.807, 2.05) is 25.3 Å². The van der Waals surface area contributed by atoms with E-state index in [-0.39, 0.29) is 23.3 Å². The van der Waals surface area contributed by atoms with Crippen molar-refractivity contribution >= 4 is 26.8 Å². The maximum Gasteiger partial charge on any atom is 0.243 e. The van der Waals surface area contributed by atoms with Gasteiger partial charge >= 0.3 is 0 Å². The van der Waals surface area contributed by atoms with Gasteiger partial charge in [-0.2, -0.15) is 4.31 Å². The highest BCUT2D eigenvalue weighted by atomic mass is 32.2. The summed E-state index contributed by atoms with van der Waals surface area (Å²) in [5.41, 5.74) is 1.02. The molecular formula is C21H31N3O4S. The number of carbonyl (C=O) groups is 1. The molecule has 0 radical (unpaired) electrons. The van der Waals surface area contributed by atoms with Crippen molar-refractivity contribution < 1.29 is 17.9 Å². The van der Waals surface area contributed by atoms with Crippen molar-refractivity contribution in [1.82, 2.24) is 14.2 Å². The molecule has 2 heterocycles. The Morgan fingerprint density at radius 3 is 2.86 bits per heavy atom. The van der Waals surface area contributed by atoms with Crippen LogP contribution in [-0.2, 0) is 26.1 Å². The van der Waals surface area contributed by atoms with Crippen LogP contribution >= 0.6 is 0 Å². The summed E-state index contributed by atoms with van der Waals surface area (Å²) in [5, 5.41) is 3.82. The zero-order valence-electron chi connectivity index (χ0n) is 17.3. The molecule has 1 N–H and O–H groups in total. The average molecular weight is 422 g/mol. The number of aryl methyl sites for hydroxylation is 1. The van der Waals surface area contributed by atoms with Gasteiger partial charge in [-0.25, -0.2) is 8.42 Å². The quantitative estimate of drug-likeness (QED) is 0.631. The van der Waals surface area contributed by atoms with Gasteiger partial charge in [0.05, 0.1) is 10.8 Å². The lowest BCUT2D eigenvalue weighted by atomic mass is 9.99. The van der Waals surface area contributed by atoms with Gasteiger partial charge in [0.2, 0.25) is 15.9 Å². The Balaban J connectivity index is 1.66. The molecular weight excluding hydrogens is 390 g/mol. The third-order valence-corrected chi connectivity index (χ3v) is 7.31. The van der Waals surface area contributed by atoms with E-state index in [1.165, 1.54) is 4.31 Å². The van der Waals surface area contributed by atoms with Crippen molar-refractivity contribution in [1.29, 1.82) is 0 Å². The third kappa shape index (κ3) is 4.99. The number of sulfonamides is 1. The van der Waals surface area contributed by atoms with E-state index >= 15 is 0 Å². The van der Waals surface area contributed by atoms with Gasteiger partial charge in [0, 0.05) is 56.5 Å². The van der Waals surface area contributed by atoms with E-state index in [9.17, 15) is 13.2 Å². The molecule has 29 heavy (non-hydrogen) atoms. The molecule has 0 bridgehead atoms. The highest BCUT2D eigenvalue weighted by Gasteiger charge is 2.33. The minimum atomic E-state index is -3.63. The van der Waals surface area contributed by atoms with E-state index in [4.69, 9.17) is 4.74 Å². The minimum absolute atomic E-state index is 0.0723. The number of rotatable bonds is 9. The zero-order chi connectivity index (χ0) is 20.9. The second-order valence-electron chi connectivity index (χ2n) is 7.37. The fourth-order valence-corrected chi connectivity index (χ4v) is 5.37. The maximum absolute atomic E-state index is 13.2. The van der Waals surface area contributed by atoms with Crippen LogP contribution in [0.4, 0.5) is 0 Å². The number of hydrogen-bond donors (Lipinski definition) is 1. The number of piperidine rings is 1. The van der Waals surface area contributed by atoms with Gasteiger partial charge in [0.1, 0.15) is 0 Å². The Labute approximate surface area is 173 Å². The number of nitrogens with zero attached hydrogens (tertiary/aromatic N) is 2. The molecule has 0 unspecified atom stereocenters. The van der Waals surface area contributed by atoms with Gasteiger partial charge < -0.3 is 14.6 Å². The van der Waals surface area contributed by atoms with Gasteiger partial charge in [0.25, 0.3) is 0 Å². The zero-order valence-corrected chi connectivity index (χ0v) is 18.1. The number of nitrogens with one attached hydrogen (secondary N) is 1. The van der Waals surface area contributed by atoms with Gasteiger partial charge in [0.15, 0.2) is 0 Å². The summed E-state index contributed by atoms with van der Waals surface area (Å²) in [4.78, 5) is 12.8. The number of hydrogen-bond acceptors (Lipinski definition) is 4. The monoisotopic (exact) mass is 421 g/mol. The first-order chi connectivity index (χ1) is 14.0. The molecule has 1 aromatic heterocycles. The van der Waals surface area contributed by atoms with Gasteiger partial charge in [-0.15, -0.1) is 0 Å². The Bertz CT molecular complexity index is 939. The van der Waals surface area contributed by atoms with Crippen LogP contribution in [0, 0.1) is 5.92 Å². The number of aromatic nitrogens is 1. The van der Waals surface area contributed by atoms with Gasteiger partial charge in [-0.3, -0.25) is 4.79 Å². The number of ether oxygens (including phenoxy) is 1. The predicted molar refractivity (Wildman–Crippen MR) is 113 cm³/mol. The molecule has 1 atom stereocenters. The largest absolute Gasteiger partial charge is 0.382 e. The lowest BCUT2D eigenvalue weighted by Gasteiger charge is -2.31. The Kier molecular flexibility index (Phi) is 7.32. The van der Waals surface area contributed by atoms with Crippen LogP contribution in [0.15, 0.2) is 35.4 Å². The summed E-state index contributed by atoms with van der Waals surface area (Å²) < 4.78 is 35.2. The van der Waals surface area contributed by atoms with Crippen molar-refractivity contribution in [3.63, 3.8) is 0 Å². The molecule has 1 saturated heterocycles. The first kappa shape index (κ1) is 21.8. The van der Waals surface area contributed by atoms with E-state index in [0.29, 0.717) is 39.1 Å². The van der Waals surface area contributed by atoms with Crippen LogP contribution < -0.4 is 5.32 Å². The summed E-state index contributed by atoms with van der Waals surface area (Å²) in [7, 11) is -3.63. The second kappa shape index (κ2) is 9.73. The minimum Gasteiger partial charge on any atom is -0.382 e. The number of benzene rings is 1. The molecule has 1 aliphatic heterocycles. The summed E-state index contributed by atoms with van der Waals surface area (Å²) in [6.45, 7) is 7.34. The molecule has 1 aromatic carbocycles. The Morgan fingerprint density at radius 1 is 1.28 bits per heavy atom. The number of amides is 1. The standard InChI is InChI=1S/C21H31N3O4S/c1-3-23-13-10-17-15-19(8-9-20(17)23)29(26,27)24-12-5-7-18(16-24)21(25)22-11-6-14-28-4-2/h8-10,13,15,18H,3-7,11-12,14,16H2,1-2H3,(H,22,25)/t18-/m1/s1. The Hall–Kier alpha value is -1.90. The predicted octanol–water partition coefficient (Wildman–Crippen LogP) is 2.60. The van der Waals surface area contributed by atoms with E-state index in [0.717, 1.165) is 23.9 Å². The van der Waals surface area contributed by atoms with E-state index < -0.39 is 10.0 Å². The maximum atomic E-state index is 13.2. The van der Waals surface area contributed by atoms with Crippen LogP contribution in [0.1, 0.15) is 33.1 Å². The fourth-order valence-electron chi connectivity index (χ4n) is 3.81. The molecule has 7 nitrogen and oxygen atoms in total. The summed E-state index contributed by atoms with van der Waals surface area (Å²) >= 11 is 0. The van der Waals surface area contributed by atoms with Gasteiger partial charge in [-0.1, -0.05) is 0 Å². The topological polar surface area (TPSA) is 80.6 Å². The van der Waals surface area contributed by atoms with Crippen LogP contribution in [0.2, 0.25) is 0 Å². The van der Waals surface area contributed by atoms with E-state index in [2.05, 4.69) is 16.8 Å². The molecule has 1 fully saturated rings. The fraction of sp³-hybridized carbons (Fsp3) is 0.571. The average Bonchev–Trinajstić information content (AvgIpc) is 3.16. The molecule has 3 rings (SSSR count). The lowest BCUT2D eigenvalue weighted by molar-refractivity contribution is -0.126. The van der Waals surface area contributed by atoms with Crippen LogP contribution in [0.25, 0.3) is 10.9 Å². The highest BCUT2D eigenvalue weighted by Crippen LogP contribution is 2.27. The molecule has 8 heteroatoms. The first-order valence-corrected chi connectivity index (χ1v) is 11.9. The highest BCUT2D eigenvalue weighted by molar-refractivity contribution is 7.89. The van der Waals surface area contributed by atoms with Gasteiger partial charge in [-0.05, 0) is 57.4 Å². The third-order valence-electron chi connectivity index (χ3n) is 5.44. The second-order valence-corrected chi connectivity index (χ2v) is 9.30. The van der Waals surface area contributed by atoms with Crippen LogP contribution in [0.5, 0.6) is 0 Å². The van der Waals surface area contributed by atoms with E-state index in [1.54, 1.807) is 12.1 Å². The van der Waals surface area contributed by atoms with Crippen LogP contribution in [-0.4, -0.2) is 56.0 Å². The molecule has 1 amide bonds. The number of carbonyl (C=O) groups excluding carboxylic acids is 1. The lowest BCUT2D eigenvalue weighted by Crippen LogP contribution is -2.45. The van der Waals surface area contributed by atoms with Crippen LogP contribution in [0.3, 0.4) is 0 Å². The smallest absolute Gasteiger partial charge is 0.243 e. The molecule has 0 spiro atoms. The summed E-state index contributed by atoms with van der Waals surface area (Å²) in [5.74, 6) is -0.382.